The molecule has 0 amide bonds. The van der Waals surface area contributed by atoms with Crippen LogP contribution in [0, 0.1) is 0 Å². The third kappa shape index (κ3) is 2.65. The Hall–Kier alpha value is -1.94. The Bertz CT molecular complexity index is 766. The molecule has 0 spiro atoms. The van der Waals surface area contributed by atoms with Gasteiger partial charge in [0, 0.05) is 11.8 Å². The zero-order chi connectivity index (χ0) is 14.5. The van der Waals surface area contributed by atoms with Crippen LogP contribution in [0.5, 0.6) is 0 Å². The van der Waals surface area contributed by atoms with E-state index in [0.717, 1.165) is 5.56 Å². The molecule has 0 aliphatic rings. The molecule has 1 aromatic carbocycles. The van der Waals surface area contributed by atoms with Gasteiger partial charge < -0.3 is 0 Å². The number of rotatable bonds is 1. The number of benzene rings is 1. The van der Waals surface area contributed by atoms with Crippen LogP contribution < -0.4 is 5.56 Å². The van der Waals surface area contributed by atoms with Crippen LogP contribution in [0.3, 0.4) is 0 Å². The Balaban J connectivity index is 0.000000704. The van der Waals surface area contributed by atoms with Gasteiger partial charge in [0.2, 0.25) is 0 Å². The van der Waals surface area contributed by atoms with Crippen LogP contribution in [0.2, 0.25) is 0 Å². The van der Waals surface area contributed by atoms with Crippen LogP contribution in [0.15, 0.2) is 64.0 Å². The molecule has 3 nitrogen and oxygen atoms in total. The first kappa shape index (κ1) is 14.5. The van der Waals surface area contributed by atoms with Crippen molar-refractivity contribution in [2.75, 3.05) is 0 Å². The van der Waals surface area contributed by atoms with E-state index in [9.17, 15) is 4.79 Å². The smallest absolute Gasteiger partial charge is 0.268 e. The fraction of sp³-hybridized carbons (Fsp3) is 0.125. The zero-order valence-electron chi connectivity index (χ0n) is 11.4. The van der Waals surface area contributed by atoms with Crippen LogP contribution in [0.4, 0.5) is 0 Å². The summed E-state index contributed by atoms with van der Waals surface area (Å²) < 4.78 is 2.01. The van der Waals surface area contributed by atoms with Gasteiger partial charge in [-0.05, 0) is 28.1 Å². The highest BCUT2D eigenvalue weighted by Gasteiger charge is 2.11. The summed E-state index contributed by atoms with van der Waals surface area (Å²) >= 11 is 3.34. The van der Waals surface area contributed by atoms with Crippen molar-refractivity contribution in [1.29, 1.82) is 0 Å². The summed E-state index contributed by atoms with van der Waals surface area (Å²) in [7, 11) is 0. The fourth-order valence-corrected chi connectivity index (χ4v) is 2.36. The molecule has 4 heteroatoms. The summed E-state index contributed by atoms with van der Waals surface area (Å²) in [6.07, 6.45) is 1.71. The highest BCUT2D eigenvalue weighted by molar-refractivity contribution is 9.10. The number of nitrogens with zero attached hydrogens (tertiary/aromatic N) is 2. The average Bonchev–Trinajstić information content (AvgIpc) is 2.54. The molecule has 3 aromatic rings. The zero-order valence-corrected chi connectivity index (χ0v) is 13.0. The average molecular weight is 331 g/mol. The van der Waals surface area contributed by atoms with E-state index >= 15 is 0 Å². The van der Waals surface area contributed by atoms with Gasteiger partial charge in [0.05, 0.1) is 5.69 Å². The molecule has 0 radical (unpaired) electrons. The van der Waals surface area contributed by atoms with E-state index in [4.69, 9.17) is 0 Å². The van der Waals surface area contributed by atoms with E-state index in [1.54, 1.807) is 6.20 Å². The number of halogens is 1. The van der Waals surface area contributed by atoms with Crippen LogP contribution in [0.1, 0.15) is 13.8 Å². The van der Waals surface area contributed by atoms with Gasteiger partial charge in [-0.25, -0.2) is 4.98 Å². The van der Waals surface area contributed by atoms with E-state index in [1.807, 2.05) is 62.4 Å². The minimum atomic E-state index is -0.0977. The van der Waals surface area contributed by atoms with Crippen molar-refractivity contribution in [1.82, 2.24) is 9.38 Å². The molecule has 2 aromatic heterocycles. The lowest BCUT2D eigenvalue weighted by atomic mass is 10.1. The number of pyridine rings is 1. The molecule has 0 atom stereocenters. The summed E-state index contributed by atoms with van der Waals surface area (Å²) in [5, 5.41) is 0. The quantitative estimate of drug-likeness (QED) is 0.671. The van der Waals surface area contributed by atoms with Crippen molar-refractivity contribution in [3.8, 4) is 11.3 Å². The first-order valence-electron chi connectivity index (χ1n) is 6.50. The molecule has 102 valence electrons. The SMILES string of the molecule is CC.O=c1c(Br)c(-c2ccccc2)nc2ccccn12. The molecule has 0 bridgehead atoms. The van der Waals surface area contributed by atoms with E-state index in [1.165, 1.54) is 4.40 Å². The summed E-state index contributed by atoms with van der Waals surface area (Å²) in [6.45, 7) is 4.00. The standard InChI is InChI=1S/C14H9BrN2O.C2H6/c15-12-13(10-6-2-1-3-7-10)16-11-8-4-5-9-17(11)14(12)18;1-2/h1-9H;1-2H3. The van der Waals surface area contributed by atoms with Crippen molar-refractivity contribution < 1.29 is 0 Å². The van der Waals surface area contributed by atoms with E-state index in [-0.39, 0.29) is 5.56 Å². The second-order valence-electron chi connectivity index (χ2n) is 3.87. The van der Waals surface area contributed by atoms with Gasteiger partial charge in [0.25, 0.3) is 5.56 Å². The summed E-state index contributed by atoms with van der Waals surface area (Å²) in [6, 6.07) is 15.2. The van der Waals surface area contributed by atoms with Crippen molar-refractivity contribution in [2.45, 2.75) is 13.8 Å². The highest BCUT2D eigenvalue weighted by atomic mass is 79.9. The van der Waals surface area contributed by atoms with Gasteiger partial charge in [-0.1, -0.05) is 50.2 Å². The van der Waals surface area contributed by atoms with Gasteiger partial charge in [-0.3, -0.25) is 9.20 Å². The molecule has 0 aliphatic heterocycles. The summed E-state index contributed by atoms with van der Waals surface area (Å²) in [5.74, 6) is 0. The molecule has 0 unspecified atom stereocenters. The van der Waals surface area contributed by atoms with Crippen molar-refractivity contribution in [3.63, 3.8) is 0 Å². The van der Waals surface area contributed by atoms with Crippen molar-refractivity contribution in [2.24, 2.45) is 0 Å². The van der Waals surface area contributed by atoms with Gasteiger partial charge in [0.1, 0.15) is 10.1 Å². The number of fused-ring (bicyclic) bond motifs is 1. The van der Waals surface area contributed by atoms with Crippen LogP contribution >= 0.6 is 15.9 Å². The summed E-state index contributed by atoms with van der Waals surface area (Å²) in [4.78, 5) is 16.7. The molecule has 2 heterocycles. The maximum absolute atomic E-state index is 12.2. The third-order valence-electron chi connectivity index (χ3n) is 2.73. The molecule has 0 saturated heterocycles. The molecule has 0 saturated carbocycles. The van der Waals surface area contributed by atoms with Crippen molar-refractivity contribution in [3.05, 3.63) is 69.6 Å². The first-order valence-corrected chi connectivity index (χ1v) is 7.29. The second kappa shape index (κ2) is 6.48. The first-order chi connectivity index (χ1) is 9.77. The molecule has 3 rings (SSSR count). The Morgan fingerprint density at radius 3 is 2.35 bits per heavy atom. The Labute approximate surface area is 126 Å². The minimum absolute atomic E-state index is 0.0977. The predicted molar refractivity (Wildman–Crippen MR) is 85.9 cm³/mol. The Kier molecular flexibility index (Phi) is 4.69. The molecule has 0 fully saturated rings. The fourth-order valence-electron chi connectivity index (χ4n) is 1.85. The maximum Gasteiger partial charge on any atom is 0.272 e. The van der Waals surface area contributed by atoms with E-state index in [2.05, 4.69) is 20.9 Å². The maximum atomic E-state index is 12.2. The van der Waals surface area contributed by atoms with Crippen LogP contribution in [0.25, 0.3) is 16.9 Å². The number of hydrogen-bond acceptors (Lipinski definition) is 2. The van der Waals surface area contributed by atoms with Gasteiger partial charge >= 0.3 is 0 Å². The lowest BCUT2D eigenvalue weighted by Gasteiger charge is -2.06. The molecule has 20 heavy (non-hydrogen) atoms. The topological polar surface area (TPSA) is 34.4 Å². The monoisotopic (exact) mass is 330 g/mol. The largest absolute Gasteiger partial charge is 0.272 e. The number of hydrogen-bond donors (Lipinski definition) is 0. The Morgan fingerprint density at radius 1 is 1.00 bits per heavy atom. The van der Waals surface area contributed by atoms with E-state index in [0.29, 0.717) is 15.8 Å². The van der Waals surface area contributed by atoms with Crippen LogP contribution in [-0.2, 0) is 0 Å². The van der Waals surface area contributed by atoms with Gasteiger partial charge in [-0.2, -0.15) is 0 Å². The van der Waals surface area contributed by atoms with Gasteiger partial charge in [-0.15, -0.1) is 0 Å². The lowest BCUT2D eigenvalue weighted by molar-refractivity contribution is 1.03. The normalized spacial score (nSPS) is 9.95. The molecule has 0 aliphatic carbocycles. The molecular weight excluding hydrogens is 316 g/mol. The van der Waals surface area contributed by atoms with E-state index < -0.39 is 0 Å². The minimum Gasteiger partial charge on any atom is -0.268 e. The second-order valence-corrected chi connectivity index (χ2v) is 4.67. The molecular formula is C16H15BrN2O. The van der Waals surface area contributed by atoms with Crippen molar-refractivity contribution >= 4 is 21.6 Å². The highest BCUT2D eigenvalue weighted by Crippen LogP contribution is 2.23. The lowest BCUT2D eigenvalue weighted by Crippen LogP contribution is -2.16. The third-order valence-corrected chi connectivity index (χ3v) is 3.44. The number of aromatic nitrogens is 2. The summed E-state index contributed by atoms with van der Waals surface area (Å²) in [5.41, 5.74) is 2.14. The predicted octanol–water partition coefficient (Wildman–Crippen LogP) is 4.15. The molecule has 0 N–H and O–H groups in total. The van der Waals surface area contributed by atoms with Gasteiger partial charge in [0.15, 0.2) is 0 Å². The van der Waals surface area contributed by atoms with Crippen LogP contribution in [-0.4, -0.2) is 9.38 Å². The Morgan fingerprint density at radius 2 is 1.65 bits per heavy atom.